The number of carbonyl (C=O) groups is 1. The van der Waals surface area contributed by atoms with Crippen molar-refractivity contribution < 1.29 is 19.1 Å². The van der Waals surface area contributed by atoms with E-state index in [-0.39, 0.29) is 29.0 Å². The Morgan fingerprint density at radius 1 is 1.27 bits per heavy atom. The molecule has 1 amide bonds. The number of rotatable bonds is 4. The number of fused-ring (bicyclic) bond motifs is 1. The Hall–Kier alpha value is -3.59. The average molecular weight is 407 g/mol. The number of nitrogens with zero attached hydrogens (tertiary/aromatic N) is 4. The van der Waals surface area contributed by atoms with Crippen LogP contribution in [-0.4, -0.2) is 39.6 Å². The number of aromatic nitrogens is 2. The zero-order valence-electron chi connectivity index (χ0n) is 15.9. The highest BCUT2D eigenvalue weighted by atomic mass is 19.1. The van der Waals surface area contributed by atoms with Crippen molar-refractivity contribution in [1.29, 1.82) is 0 Å². The molecule has 0 bridgehead atoms. The van der Waals surface area contributed by atoms with Crippen LogP contribution in [0.2, 0.25) is 0 Å². The molecule has 8 nitrogen and oxygen atoms in total. The number of benzene rings is 1. The highest BCUT2D eigenvalue weighted by molar-refractivity contribution is 6.09. The molecule has 152 valence electrons. The zero-order valence-corrected chi connectivity index (χ0v) is 15.9. The first kappa shape index (κ1) is 18.4. The van der Waals surface area contributed by atoms with Gasteiger partial charge in [-0.05, 0) is 36.2 Å². The second kappa shape index (κ2) is 7.34. The molecule has 2 aliphatic heterocycles. The van der Waals surface area contributed by atoms with E-state index in [1.807, 2.05) is 0 Å². The van der Waals surface area contributed by atoms with Crippen LogP contribution in [0.1, 0.15) is 24.1 Å². The van der Waals surface area contributed by atoms with E-state index in [2.05, 4.69) is 20.4 Å². The molecule has 3 aromatic rings. The minimum Gasteiger partial charge on any atom is -0.504 e. The summed E-state index contributed by atoms with van der Waals surface area (Å²) in [5.74, 6) is 0.226. The number of hydrogen-bond acceptors (Lipinski definition) is 7. The smallest absolute Gasteiger partial charge is 0.228 e. The summed E-state index contributed by atoms with van der Waals surface area (Å²) in [6.45, 7) is 0.559. The number of pyridine rings is 2. The van der Waals surface area contributed by atoms with Crippen LogP contribution in [0.25, 0.3) is 10.9 Å². The number of amidine groups is 1. The molecule has 1 unspecified atom stereocenters. The van der Waals surface area contributed by atoms with Gasteiger partial charge in [-0.25, -0.2) is 24.7 Å². The van der Waals surface area contributed by atoms with Gasteiger partial charge in [-0.1, -0.05) is 12.1 Å². The molecular formula is C21H18FN5O3. The second-order valence-electron chi connectivity index (χ2n) is 7.16. The van der Waals surface area contributed by atoms with Crippen LogP contribution < -0.4 is 10.4 Å². The lowest BCUT2D eigenvalue weighted by molar-refractivity contribution is -0.117. The number of anilines is 1. The molecular weight excluding hydrogens is 389 g/mol. The minimum absolute atomic E-state index is 0.0175. The van der Waals surface area contributed by atoms with Gasteiger partial charge in [0.2, 0.25) is 5.91 Å². The topological polar surface area (TPSA) is 99.9 Å². The summed E-state index contributed by atoms with van der Waals surface area (Å²) in [6.07, 6.45) is 2.63. The van der Waals surface area contributed by atoms with Gasteiger partial charge in [0.1, 0.15) is 17.2 Å². The van der Waals surface area contributed by atoms with Crippen LogP contribution in [0.4, 0.5) is 10.2 Å². The summed E-state index contributed by atoms with van der Waals surface area (Å²) in [5, 5.41) is 11.4. The predicted octanol–water partition coefficient (Wildman–Crippen LogP) is 2.45. The van der Waals surface area contributed by atoms with E-state index in [1.54, 1.807) is 35.4 Å². The third-order valence-electron chi connectivity index (χ3n) is 5.16. The summed E-state index contributed by atoms with van der Waals surface area (Å²) in [6, 6.07) is 9.60. The van der Waals surface area contributed by atoms with Gasteiger partial charge >= 0.3 is 0 Å². The Bertz CT molecular complexity index is 1170. The highest BCUT2D eigenvalue weighted by Gasteiger charge is 2.30. The normalized spacial score (nSPS) is 18.7. The van der Waals surface area contributed by atoms with Gasteiger partial charge in [0.05, 0.1) is 0 Å². The molecule has 0 radical (unpaired) electrons. The molecule has 1 atom stereocenters. The third-order valence-corrected chi connectivity index (χ3v) is 5.16. The van der Waals surface area contributed by atoms with E-state index in [0.717, 1.165) is 12.0 Å². The van der Waals surface area contributed by atoms with Gasteiger partial charge in [-0.15, -0.1) is 0 Å². The molecule has 1 aromatic carbocycles. The van der Waals surface area contributed by atoms with Crippen molar-refractivity contribution in [1.82, 2.24) is 15.4 Å². The molecule has 2 aliphatic rings. The molecule has 1 fully saturated rings. The number of aliphatic imine (C=N–C) groups is 1. The van der Waals surface area contributed by atoms with E-state index in [1.165, 1.54) is 12.1 Å². The van der Waals surface area contributed by atoms with Crippen LogP contribution in [0.5, 0.6) is 5.75 Å². The molecule has 0 spiro atoms. The van der Waals surface area contributed by atoms with E-state index < -0.39 is 6.23 Å². The largest absolute Gasteiger partial charge is 0.504 e. The lowest BCUT2D eigenvalue weighted by Crippen LogP contribution is -2.27. The number of amides is 1. The standard InChI is InChI=1S/C21H18FN5O3/c22-13-7-5-12(6-8-13)11-15-24-20(26-30-15)18-19(29)17-14(3-1-9-23-17)21(25-18)27-10-2-4-16(27)28/h1,3,5-9,15,29H,2,4,10-11H2,(H,24,26). The second-order valence-corrected chi connectivity index (χ2v) is 7.16. The first-order valence-electron chi connectivity index (χ1n) is 9.62. The Morgan fingerprint density at radius 3 is 2.87 bits per heavy atom. The fourth-order valence-corrected chi connectivity index (χ4v) is 3.69. The molecule has 0 saturated carbocycles. The van der Waals surface area contributed by atoms with Gasteiger partial charge in [0, 0.05) is 31.0 Å². The Kier molecular flexibility index (Phi) is 4.51. The number of aromatic hydroxyl groups is 1. The summed E-state index contributed by atoms with van der Waals surface area (Å²) in [5.41, 5.74) is 4.07. The van der Waals surface area contributed by atoms with Crippen LogP contribution >= 0.6 is 0 Å². The maximum Gasteiger partial charge on any atom is 0.228 e. The summed E-state index contributed by atoms with van der Waals surface area (Å²) in [7, 11) is 0. The average Bonchev–Trinajstić information content (AvgIpc) is 3.39. The lowest BCUT2D eigenvalue weighted by Gasteiger charge is -2.18. The Morgan fingerprint density at radius 2 is 2.10 bits per heavy atom. The van der Waals surface area contributed by atoms with E-state index >= 15 is 0 Å². The van der Waals surface area contributed by atoms with Gasteiger partial charge in [0.25, 0.3) is 0 Å². The van der Waals surface area contributed by atoms with E-state index in [4.69, 9.17) is 4.84 Å². The van der Waals surface area contributed by atoms with Gasteiger partial charge < -0.3 is 5.11 Å². The van der Waals surface area contributed by atoms with Gasteiger partial charge in [-0.3, -0.25) is 14.7 Å². The van der Waals surface area contributed by atoms with Gasteiger partial charge in [0.15, 0.2) is 23.5 Å². The molecule has 4 heterocycles. The van der Waals surface area contributed by atoms with Crippen LogP contribution in [0, 0.1) is 5.82 Å². The first-order valence-corrected chi connectivity index (χ1v) is 9.62. The summed E-state index contributed by atoms with van der Waals surface area (Å²) in [4.78, 5) is 32.7. The number of hydroxylamine groups is 1. The van der Waals surface area contributed by atoms with Gasteiger partial charge in [-0.2, -0.15) is 0 Å². The van der Waals surface area contributed by atoms with Crippen molar-refractivity contribution in [3.8, 4) is 5.75 Å². The zero-order chi connectivity index (χ0) is 20.7. The molecule has 0 aliphatic carbocycles. The predicted molar refractivity (Wildman–Crippen MR) is 107 cm³/mol. The number of carbonyl (C=O) groups excluding carboxylic acids is 1. The fraction of sp³-hybridized carbons (Fsp3) is 0.238. The SMILES string of the molecule is O=C1CCCN1c1nc(C2=NC(Cc3ccc(F)cc3)ON2)c(O)c2ncccc12. The molecule has 5 rings (SSSR count). The molecule has 2 N–H and O–H groups in total. The monoisotopic (exact) mass is 407 g/mol. The fourth-order valence-electron chi connectivity index (χ4n) is 3.69. The number of halogens is 1. The van der Waals surface area contributed by atoms with Crippen molar-refractivity contribution in [2.45, 2.75) is 25.5 Å². The maximum atomic E-state index is 13.1. The molecule has 30 heavy (non-hydrogen) atoms. The lowest BCUT2D eigenvalue weighted by atomic mass is 10.1. The summed E-state index contributed by atoms with van der Waals surface area (Å²) < 4.78 is 13.1. The molecule has 1 saturated heterocycles. The minimum atomic E-state index is -0.567. The maximum absolute atomic E-state index is 13.1. The van der Waals surface area contributed by atoms with E-state index in [0.29, 0.717) is 36.1 Å². The van der Waals surface area contributed by atoms with Crippen molar-refractivity contribution in [2.75, 3.05) is 11.4 Å². The third kappa shape index (κ3) is 3.22. The van der Waals surface area contributed by atoms with Crippen LogP contribution in [0.15, 0.2) is 47.6 Å². The highest BCUT2D eigenvalue weighted by Crippen LogP contribution is 2.34. The number of nitrogens with one attached hydrogen (secondary N) is 1. The Labute approximate surface area is 171 Å². The molecule has 9 heteroatoms. The number of hydrogen-bond donors (Lipinski definition) is 2. The first-order chi connectivity index (χ1) is 14.6. The van der Waals surface area contributed by atoms with Crippen molar-refractivity contribution in [2.24, 2.45) is 4.99 Å². The summed E-state index contributed by atoms with van der Waals surface area (Å²) >= 11 is 0. The molecule has 2 aromatic heterocycles. The van der Waals surface area contributed by atoms with Crippen molar-refractivity contribution >= 4 is 28.5 Å². The van der Waals surface area contributed by atoms with Crippen LogP contribution in [0.3, 0.4) is 0 Å². The Balaban J connectivity index is 1.53. The van der Waals surface area contributed by atoms with Crippen molar-refractivity contribution in [3.05, 3.63) is 59.7 Å². The van der Waals surface area contributed by atoms with E-state index in [9.17, 15) is 14.3 Å². The quantitative estimate of drug-likeness (QED) is 0.689. The van der Waals surface area contributed by atoms with Crippen molar-refractivity contribution in [3.63, 3.8) is 0 Å². The van der Waals surface area contributed by atoms with Crippen LogP contribution in [-0.2, 0) is 16.1 Å².